The molecule has 0 amide bonds. The Morgan fingerprint density at radius 1 is 1.04 bits per heavy atom. The van der Waals surface area contributed by atoms with Crippen molar-refractivity contribution in [2.24, 2.45) is 5.92 Å². The molecule has 0 saturated carbocycles. The van der Waals surface area contributed by atoms with E-state index in [2.05, 4.69) is 6.58 Å². The second kappa shape index (κ2) is 7.40. The van der Waals surface area contributed by atoms with Crippen molar-refractivity contribution >= 4 is 24.5 Å². The van der Waals surface area contributed by atoms with Crippen molar-refractivity contribution in [3.05, 3.63) is 70.7 Å². The Morgan fingerprint density at radius 3 is 2.35 bits per heavy atom. The number of allylic oxidation sites excluding steroid dienone is 2. The lowest BCUT2D eigenvalue weighted by Gasteiger charge is -2.14. The third-order valence-corrected chi connectivity index (χ3v) is 3.54. The van der Waals surface area contributed by atoms with Crippen LogP contribution in [0.4, 0.5) is 0 Å². The molecule has 0 aromatic heterocycles. The van der Waals surface area contributed by atoms with E-state index >= 15 is 0 Å². The Kier molecular flexibility index (Phi) is 5.31. The van der Waals surface area contributed by atoms with Gasteiger partial charge in [0.05, 0.1) is 0 Å². The number of carbonyl (C=O) groups is 2. The van der Waals surface area contributed by atoms with Gasteiger partial charge in [-0.2, -0.15) is 0 Å². The topological polar surface area (TPSA) is 52.6 Å². The predicted molar refractivity (Wildman–Crippen MR) is 88.0 cm³/mol. The van der Waals surface area contributed by atoms with Gasteiger partial charge in [-0.25, -0.2) is 0 Å². The Hall–Kier alpha value is -2.88. The summed E-state index contributed by atoms with van der Waals surface area (Å²) in [4.78, 5) is 21.8. The fourth-order valence-corrected chi connectivity index (χ4v) is 2.56. The minimum absolute atomic E-state index is 0.130. The van der Waals surface area contributed by atoms with E-state index in [0.717, 1.165) is 5.57 Å². The van der Waals surface area contributed by atoms with Crippen molar-refractivity contribution in [2.75, 3.05) is 0 Å². The van der Waals surface area contributed by atoms with Gasteiger partial charge in [0.2, 0.25) is 0 Å². The Balaban J connectivity index is 2.98. The second-order valence-corrected chi connectivity index (χ2v) is 5.23. The standard InChI is InChI=1S/C19H18O4/c1-13-8-9-14(2)18(22-11-20)16-6-4-5-7-17(16)19(23-12-21)15(3)10-13/h4-12,15H,2H2,1,3H3/b9-8-,13-10-,18-16?,19-17+. The van der Waals surface area contributed by atoms with Crippen molar-refractivity contribution in [3.63, 3.8) is 0 Å². The molecule has 0 spiro atoms. The van der Waals surface area contributed by atoms with Crippen LogP contribution in [-0.2, 0) is 19.1 Å². The summed E-state index contributed by atoms with van der Waals surface area (Å²) in [5, 5.41) is 1.33. The van der Waals surface area contributed by atoms with Crippen LogP contribution in [0.2, 0.25) is 0 Å². The first kappa shape index (κ1) is 16.5. The molecule has 2 rings (SSSR count). The number of carbonyl (C=O) groups excluding carboxylic acids is 2. The molecule has 1 aromatic carbocycles. The lowest BCUT2D eigenvalue weighted by Crippen LogP contribution is -2.32. The van der Waals surface area contributed by atoms with E-state index in [9.17, 15) is 9.59 Å². The minimum Gasteiger partial charge on any atom is -0.432 e. The summed E-state index contributed by atoms with van der Waals surface area (Å²) in [6.07, 6.45) is 5.66. The Morgan fingerprint density at radius 2 is 1.70 bits per heavy atom. The molecule has 4 nitrogen and oxygen atoms in total. The van der Waals surface area contributed by atoms with Crippen LogP contribution in [0.5, 0.6) is 0 Å². The van der Waals surface area contributed by atoms with Crippen LogP contribution in [-0.4, -0.2) is 12.9 Å². The summed E-state index contributed by atoms with van der Waals surface area (Å²) in [7, 11) is 0. The van der Waals surface area contributed by atoms with Gasteiger partial charge in [0.1, 0.15) is 11.5 Å². The molecule has 118 valence electrons. The third kappa shape index (κ3) is 3.66. The molecule has 1 atom stereocenters. The average Bonchev–Trinajstić information content (AvgIpc) is 2.54. The quantitative estimate of drug-likeness (QED) is 0.798. The molecule has 1 aromatic rings. The van der Waals surface area contributed by atoms with E-state index in [1.54, 1.807) is 12.1 Å². The van der Waals surface area contributed by atoms with Gasteiger partial charge in [0.15, 0.2) is 0 Å². The van der Waals surface area contributed by atoms with Crippen molar-refractivity contribution in [1.82, 2.24) is 0 Å². The molecule has 0 fully saturated rings. The van der Waals surface area contributed by atoms with Crippen LogP contribution in [0.3, 0.4) is 0 Å². The molecule has 1 unspecified atom stereocenters. The highest BCUT2D eigenvalue weighted by Crippen LogP contribution is 2.18. The molecule has 0 bridgehead atoms. The van der Waals surface area contributed by atoms with Crippen LogP contribution in [0.15, 0.2) is 60.2 Å². The van der Waals surface area contributed by atoms with Crippen molar-refractivity contribution in [2.45, 2.75) is 13.8 Å². The number of hydrogen-bond donors (Lipinski definition) is 0. The maximum absolute atomic E-state index is 10.9. The van der Waals surface area contributed by atoms with E-state index in [0.29, 0.717) is 40.5 Å². The smallest absolute Gasteiger partial charge is 0.298 e. The van der Waals surface area contributed by atoms with Gasteiger partial charge in [-0.05, 0) is 6.92 Å². The van der Waals surface area contributed by atoms with E-state index in [1.165, 1.54) is 0 Å². The summed E-state index contributed by atoms with van der Waals surface area (Å²) >= 11 is 0. The van der Waals surface area contributed by atoms with Gasteiger partial charge >= 0.3 is 0 Å². The van der Waals surface area contributed by atoms with Crippen LogP contribution >= 0.6 is 0 Å². The molecule has 0 aliphatic heterocycles. The molecular formula is C19H18O4. The van der Waals surface area contributed by atoms with E-state index < -0.39 is 0 Å². The first-order valence-corrected chi connectivity index (χ1v) is 7.18. The fourth-order valence-electron chi connectivity index (χ4n) is 2.56. The van der Waals surface area contributed by atoms with Crippen LogP contribution in [0, 0.1) is 5.92 Å². The highest BCUT2D eigenvalue weighted by atomic mass is 16.5. The van der Waals surface area contributed by atoms with Crippen LogP contribution < -0.4 is 10.4 Å². The number of rotatable bonds is 4. The molecule has 0 radical (unpaired) electrons. The zero-order chi connectivity index (χ0) is 16.8. The summed E-state index contributed by atoms with van der Waals surface area (Å²) < 4.78 is 10.4. The van der Waals surface area contributed by atoms with Crippen molar-refractivity contribution < 1.29 is 19.1 Å². The van der Waals surface area contributed by atoms with Crippen molar-refractivity contribution in [3.8, 4) is 0 Å². The Bertz CT molecular complexity index is 812. The zero-order valence-electron chi connectivity index (χ0n) is 13.1. The Labute approximate surface area is 134 Å². The SMILES string of the molecule is C=C1/C=C\C(C)=C/C(C)/C(OC=O)=c2/ccccc2=C1OC=O. The van der Waals surface area contributed by atoms with Crippen molar-refractivity contribution in [1.29, 1.82) is 0 Å². The van der Waals surface area contributed by atoms with E-state index in [1.807, 2.05) is 44.2 Å². The van der Waals surface area contributed by atoms with Gasteiger partial charge in [-0.1, -0.05) is 61.6 Å². The molecule has 1 aliphatic carbocycles. The summed E-state index contributed by atoms with van der Waals surface area (Å²) in [5.41, 5.74) is 1.53. The van der Waals surface area contributed by atoms with Gasteiger partial charge in [0.25, 0.3) is 12.9 Å². The first-order valence-electron chi connectivity index (χ1n) is 7.18. The largest absolute Gasteiger partial charge is 0.432 e. The fraction of sp³-hybridized carbons (Fsp3) is 0.158. The minimum atomic E-state index is -0.130. The lowest BCUT2D eigenvalue weighted by molar-refractivity contribution is -0.123. The highest BCUT2D eigenvalue weighted by molar-refractivity contribution is 5.69. The molecule has 4 heteroatoms. The molecule has 0 N–H and O–H groups in total. The normalized spacial score (nSPS) is 23.9. The molecule has 0 saturated heterocycles. The highest BCUT2D eigenvalue weighted by Gasteiger charge is 2.13. The second-order valence-electron chi connectivity index (χ2n) is 5.23. The zero-order valence-corrected chi connectivity index (χ0v) is 13.1. The molecule has 0 heterocycles. The van der Waals surface area contributed by atoms with Gasteiger partial charge in [-0.3, -0.25) is 9.59 Å². The van der Waals surface area contributed by atoms with Crippen LogP contribution in [0.25, 0.3) is 11.5 Å². The summed E-state index contributed by atoms with van der Waals surface area (Å²) in [6, 6.07) is 7.27. The van der Waals surface area contributed by atoms with Gasteiger partial charge in [-0.15, -0.1) is 0 Å². The van der Waals surface area contributed by atoms with E-state index in [-0.39, 0.29) is 5.92 Å². The lowest BCUT2D eigenvalue weighted by atomic mass is 9.99. The molecule has 1 aliphatic rings. The van der Waals surface area contributed by atoms with E-state index in [4.69, 9.17) is 9.47 Å². The number of ether oxygens (including phenoxy) is 2. The number of fused-ring (bicyclic) bond motifs is 1. The summed E-state index contributed by atoms with van der Waals surface area (Å²) in [5.74, 6) is 0.695. The maximum atomic E-state index is 10.9. The van der Waals surface area contributed by atoms with Gasteiger partial charge < -0.3 is 9.47 Å². The first-order chi connectivity index (χ1) is 11.1. The number of benzene rings is 1. The summed E-state index contributed by atoms with van der Waals surface area (Å²) in [6.45, 7) is 8.60. The molecule has 23 heavy (non-hydrogen) atoms. The third-order valence-electron chi connectivity index (χ3n) is 3.54. The maximum Gasteiger partial charge on any atom is 0.298 e. The molecular weight excluding hydrogens is 292 g/mol. The van der Waals surface area contributed by atoms with Crippen LogP contribution in [0.1, 0.15) is 13.8 Å². The number of hydrogen-bond acceptors (Lipinski definition) is 4. The van der Waals surface area contributed by atoms with Gasteiger partial charge in [0, 0.05) is 21.9 Å². The average molecular weight is 310 g/mol. The monoisotopic (exact) mass is 310 g/mol. The predicted octanol–water partition coefficient (Wildman–Crippen LogP) is 1.96.